The number of nitrogens with one attached hydrogen (secondary N) is 1. The van der Waals surface area contributed by atoms with Gasteiger partial charge in [-0.05, 0) is 39.2 Å². The molecule has 18 heavy (non-hydrogen) atoms. The third-order valence-electron chi connectivity index (χ3n) is 2.81. The van der Waals surface area contributed by atoms with Crippen molar-refractivity contribution in [3.8, 4) is 0 Å². The number of hydrogen-bond acceptors (Lipinski definition) is 2. The van der Waals surface area contributed by atoms with Gasteiger partial charge in [-0.15, -0.1) is 0 Å². The van der Waals surface area contributed by atoms with E-state index >= 15 is 0 Å². The fourth-order valence-electron chi connectivity index (χ4n) is 1.98. The van der Waals surface area contributed by atoms with E-state index in [-0.39, 0.29) is 12.0 Å². The second kappa shape index (κ2) is 7.17. The first-order valence-corrected chi connectivity index (χ1v) is 6.49. The predicted octanol–water partition coefficient (Wildman–Crippen LogP) is 2.12. The van der Waals surface area contributed by atoms with Crippen molar-refractivity contribution < 1.29 is 9.90 Å². The van der Waals surface area contributed by atoms with Gasteiger partial charge in [0.05, 0.1) is 6.10 Å². The number of carbonyl (C=O) groups is 1. The van der Waals surface area contributed by atoms with Crippen LogP contribution >= 0.6 is 0 Å². The minimum absolute atomic E-state index is 0.0507. The minimum Gasteiger partial charge on any atom is -0.393 e. The maximum Gasteiger partial charge on any atom is 0.220 e. The summed E-state index contributed by atoms with van der Waals surface area (Å²) < 4.78 is 0. The van der Waals surface area contributed by atoms with Crippen molar-refractivity contribution in [3.63, 3.8) is 0 Å². The monoisotopic (exact) mass is 249 g/mol. The van der Waals surface area contributed by atoms with E-state index in [1.54, 1.807) is 6.92 Å². The highest BCUT2D eigenvalue weighted by Gasteiger charge is 2.03. The molecule has 0 spiro atoms. The van der Waals surface area contributed by atoms with Gasteiger partial charge < -0.3 is 10.4 Å². The van der Waals surface area contributed by atoms with Crippen molar-refractivity contribution in [2.45, 2.75) is 46.1 Å². The van der Waals surface area contributed by atoms with Crippen molar-refractivity contribution in [1.29, 1.82) is 0 Å². The van der Waals surface area contributed by atoms with Crippen molar-refractivity contribution in [1.82, 2.24) is 5.32 Å². The molecule has 3 nitrogen and oxygen atoms in total. The largest absolute Gasteiger partial charge is 0.393 e. The number of amides is 1. The van der Waals surface area contributed by atoms with Crippen LogP contribution in [0.2, 0.25) is 0 Å². The molecule has 2 N–H and O–H groups in total. The second-order valence-electron chi connectivity index (χ2n) is 4.98. The Morgan fingerprint density at radius 1 is 1.28 bits per heavy atom. The van der Waals surface area contributed by atoms with Crippen LogP contribution in [0.3, 0.4) is 0 Å². The highest BCUT2D eigenvalue weighted by Crippen LogP contribution is 2.10. The lowest BCUT2D eigenvalue weighted by molar-refractivity contribution is -0.121. The molecule has 1 aromatic carbocycles. The van der Waals surface area contributed by atoms with E-state index in [1.165, 1.54) is 16.7 Å². The van der Waals surface area contributed by atoms with Crippen molar-refractivity contribution in [3.05, 3.63) is 34.9 Å². The molecule has 0 saturated heterocycles. The standard InChI is InChI=1S/C15H23NO2/c1-11-8-12(2)10-14(9-11)4-5-15(18)16-7-6-13(3)17/h8-10,13,17H,4-7H2,1-3H3,(H,16,18). The zero-order valence-corrected chi connectivity index (χ0v) is 11.5. The van der Waals surface area contributed by atoms with E-state index in [0.717, 1.165) is 6.42 Å². The zero-order chi connectivity index (χ0) is 13.5. The molecular weight excluding hydrogens is 226 g/mol. The molecule has 3 heteroatoms. The quantitative estimate of drug-likeness (QED) is 0.811. The first-order valence-electron chi connectivity index (χ1n) is 6.49. The Balaban J connectivity index is 2.33. The van der Waals surface area contributed by atoms with Crippen molar-refractivity contribution in [2.75, 3.05) is 6.54 Å². The summed E-state index contributed by atoms with van der Waals surface area (Å²) in [6, 6.07) is 6.37. The zero-order valence-electron chi connectivity index (χ0n) is 11.5. The van der Waals surface area contributed by atoms with Crippen molar-refractivity contribution >= 4 is 5.91 Å². The number of aliphatic hydroxyl groups is 1. The fourth-order valence-corrected chi connectivity index (χ4v) is 1.98. The molecule has 0 heterocycles. The van der Waals surface area contributed by atoms with Gasteiger partial charge in [-0.25, -0.2) is 0 Å². The number of aryl methyl sites for hydroxylation is 3. The third-order valence-corrected chi connectivity index (χ3v) is 2.81. The summed E-state index contributed by atoms with van der Waals surface area (Å²) in [5, 5.41) is 11.9. The molecule has 0 fully saturated rings. The topological polar surface area (TPSA) is 49.3 Å². The van der Waals surface area contributed by atoms with E-state index in [0.29, 0.717) is 19.4 Å². The molecule has 1 unspecified atom stereocenters. The number of aliphatic hydroxyl groups excluding tert-OH is 1. The summed E-state index contributed by atoms with van der Waals surface area (Å²) in [6.07, 6.45) is 1.52. The Hall–Kier alpha value is -1.35. The minimum atomic E-state index is -0.357. The van der Waals surface area contributed by atoms with Gasteiger partial charge >= 0.3 is 0 Å². The first-order chi connectivity index (χ1) is 8.47. The Labute approximate surface area is 109 Å². The lowest BCUT2D eigenvalue weighted by Gasteiger charge is -2.07. The van der Waals surface area contributed by atoms with E-state index in [2.05, 4.69) is 37.4 Å². The van der Waals surface area contributed by atoms with E-state index in [4.69, 9.17) is 5.11 Å². The van der Waals surface area contributed by atoms with Gasteiger partial charge in [-0.3, -0.25) is 4.79 Å². The van der Waals surface area contributed by atoms with Crippen LogP contribution in [0.1, 0.15) is 36.5 Å². The summed E-state index contributed by atoms with van der Waals surface area (Å²) >= 11 is 0. The van der Waals surface area contributed by atoms with Gasteiger partial charge in [0.25, 0.3) is 0 Å². The summed E-state index contributed by atoms with van der Waals surface area (Å²) in [7, 11) is 0. The van der Waals surface area contributed by atoms with Gasteiger partial charge in [-0.2, -0.15) is 0 Å². The molecule has 0 aliphatic carbocycles. The van der Waals surface area contributed by atoms with Crippen LogP contribution in [0.15, 0.2) is 18.2 Å². The van der Waals surface area contributed by atoms with E-state index < -0.39 is 0 Å². The molecule has 1 amide bonds. The second-order valence-corrected chi connectivity index (χ2v) is 4.98. The summed E-state index contributed by atoms with van der Waals surface area (Å²) in [5.41, 5.74) is 3.68. The number of benzene rings is 1. The lowest BCUT2D eigenvalue weighted by Crippen LogP contribution is -2.26. The van der Waals surface area contributed by atoms with E-state index in [9.17, 15) is 4.79 Å². The molecule has 1 rings (SSSR count). The summed E-state index contributed by atoms with van der Waals surface area (Å²) in [5.74, 6) is 0.0507. The summed E-state index contributed by atoms with van der Waals surface area (Å²) in [6.45, 7) is 6.41. The van der Waals surface area contributed by atoms with Gasteiger partial charge in [0.2, 0.25) is 5.91 Å². The molecule has 0 bridgehead atoms. The Kier molecular flexibility index (Phi) is 5.86. The summed E-state index contributed by atoms with van der Waals surface area (Å²) in [4.78, 5) is 11.6. The van der Waals surface area contributed by atoms with Crippen LogP contribution in [-0.4, -0.2) is 23.7 Å². The smallest absolute Gasteiger partial charge is 0.220 e. The Bertz CT molecular complexity index is 379. The van der Waals surface area contributed by atoms with E-state index in [1.807, 2.05) is 0 Å². The molecule has 100 valence electrons. The maximum absolute atomic E-state index is 11.6. The predicted molar refractivity (Wildman–Crippen MR) is 73.5 cm³/mol. The molecular formula is C15H23NO2. The third kappa shape index (κ3) is 5.82. The van der Waals surface area contributed by atoms with Gasteiger partial charge in [0.15, 0.2) is 0 Å². The molecule has 0 saturated carbocycles. The van der Waals surface area contributed by atoms with Crippen molar-refractivity contribution in [2.24, 2.45) is 0 Å². The molecule has 0 aliphatic rings. The molecule has 1 atom stereocenters. The normalized spacial score (nSPS) is 12.2. The highest BCUT2D eigenvalue weighted by molar-refractivity contribution is 5.76. The van der Waals surface area contributed by atoms with Crippen LogP contribution in [0.5, 0.6) is 0 Å². The molecule has 1 aromatic rings. The number of rotatable bonds is 6. The Morgan fingerprint density at radius 2 is 1.89 bits per heavy atom. The molecule has 0 radical (unpaired) electrons. The average Bonchev–Trinajstić information content (AvgIpc) is 2.24. The number of hydrogen-bond donors (Lipinski definition) is 2. The maximum atomic E-state index is 11.6. The molecule has 0 aromatic heterocycles. The highest BCUT2D eigenvalue weighted by atomic mass is 16.3. The first kappa shape index (κ1) is 14.7. The Morgan fingerprint density at radius 3 is 2.44 bits per heavy atom. The fraction of sp³-hybridized carbons (Fsp3) is 0.533. The molecule has 0 aliphatic heterocycles. The van der Waals surface area contributed by atoms with Crippen LogP contribution in [-0.2, 0) is 11.2 Å². The van der Waals surface area contributed by atoms with Crippen LogP contribution in [0.4, 0.5) is 0 Å². The SMILES string of the molecule is Cc1cc(C)cc(CCC(=O)NCCC(C)O)c1. The van der Waals surface area contributed by atoms with Gasteiger partial charge in [0.1, 0.15) is 0 Å². The number of carbonyl (C=O) groups excluding carboxylic acids is 1. The van der Waals surface area contributed by atoms with Gasteiger partial charge in [0, 0.05) is 13.0 Å². The van der Waals surface area contributed by atoms with Crippen LogP contribution in [0, 0.1) is 13.8 Å². The average molecular weight is 249 g/mol. The van der Waals surface area contributed by atoms with Gasteiger partial charge in [-0.1, -0.05) is 29.3 Å². The van der Waals surface area contributed by atoms with Crippen LogP contribution < -0.4 is 5.32 Å². The van der Waals surface area contributed by atoms with Crippen LogP contribution in [0.25, 0.3) is 0 Å². The lowest BCUT2D eigenvalue weighted by atomic mass is 10.0.